The van der Waals surface area contributed by atoms with Crippen molar-refractivity contribution in [3.05, 3.63) is 78.9 Å². The van der Waals surface area contributed by atoms with Crippen LogP contribution >= 0.6 is 7.60 Å². The van der Waals surface area contributed by atoms with Crippen LogP contribution < -0.4 is 24.8 Å². The Morgan fingerprint density at radius 2 is 1.28 bits per heavy atom. The molecule has 0 fully saturated rings. The predicted octanol–water partition coefficient (Wildman–Crippen LogP) is 8.69. The number of anilines is 1. The van der Waals surface area contributed by atoms with Gasteiger partial charge in [0.05, 0.1) is 19.3 Å². The monoisotopic (exact) mass is 867 g/mol. The first kappa shape index (κ1) is 48.1. The fourth-order valence-electron chi connectivity index (χ4n) is 6.27. The van der Waals surface area contributed by atoms with Gasteiger partial charge in [0.1, 0.15) is 24.1 Å². The molecule has 1 unspecified atom stereocenters. The van der Waals surface area contributed by atoms with Crippen LogP contribution in [0.4, 0.5) is 15.5 Å². The fourth-order valence-corrected chi connectivity index (χ4v) is 12.7. The molecule has 1 atom stereocenters. The Bertz CT molecular complexity index is 2050. The number of methoxy groups -OCH3 is 1. The average molecular weight is 868 g/mol. The summed E-state index contributed by atoms with van der Waals surface area (Å²) in [4.78, 5) is 47.4. The summed E-state index contributed by atoms with van der Waals surface area (Å²) in [6, 6.07) is 20.4. The fraction of sp³-hybridized carbons (Fsp3) is 0.512. The van der Waals surface area contributed by atoms with Gasteiger partial charge in [-0.15, -0.1) is 4.90 Å². The molecule has 2 amide bonds. The molecule has 2 aromatic heterocycles. The Morgan fingerprint density at radius 1 is 0.783 bits per heavy atom. The first-order valence-electron chi connectivity index (χ1n) is 20.0. The van der Waals surface area contributed by atoms with E-state index in [-0.39, 0.29) is 47.5 Å². The van der Waals surface area contributed by atoms with Gasteiger partial charge in [-0.3, -0.25) is 4.57 Å². The summed E-state index contributed by atoms with van der Waals surface area (Å²) >= 11 is 0. The van der Waals surface area contributed by atoms with Crippen LogP contribution in [0.2, 0.25) is 5.04 Å². The molecule has 4 rings (SSSR count). The van der Waals surface area contributed by atoms with Crippen LogP contribution in [-0.2, 0) is 27.5 Å². The van der Waals surface area contributed by atoms with E-state index < -0.39 is 51.2 Å². The number of carbonyl (C=O) groups excluding carboxylic acids is 2. The van der Waals surface area contributed by atoms with Crippen molar-refractivity contribution in [1.29, 1.82) is 0 Å². The lowest BCUT2D eigenvalue weighted by atomic mass is 10.2. The SMILES string of the molecule is COc1nc(N(C(=O)OC(C)(C)C)C(=O)OC(C)(C)C)nc2c1ncn2OCC(C=CP(=O)(OC(C)C)OC(C)C)CO[Si](c1ccccc1)(c1ccccc1)C(C)(C)C. The molecule has 0 aliphatic heterocycles. The Labute approximate surface area is 355 Å². The highest BCUT2D eigenvalue weighted by atomic mass is 31.2. The van der Waals surface area contributed by atoms with Crippen molar-refractivity contribution in [2.24, 2.45) is 5.92 Å². The maximum Gasteiger partial charge on any atom is 0.427 e. The quantitative estimate of drug-likeness (QED) is 0.0777. The largest absolute Gasteiger partial charge is 0.479 e. The molecule has 60 heavy (non-hydrogen) atoms. The van der Waals surface area contributed by atoms with Gasteiger partial charge in [-0.05, 0) is 84.6 Å². The van der Waals surface area contributed by atoms with Gasteiger partial charge >= 0.3 is 19.8 Å². The molecule has 0 saturated carbocycles. The third-order valence-electron chi connectivity index (χ3n) is 8.48. The van der Waals surface area contributed by atoms with Gasteiger partial charge in [0.15, 0.2) is 5.52 Å². The van der Waals surface area contributed by atoms with Gasteiger partial charge in [0.2, 0.25) is 17.5 Å². The first-order chi connectivity index (χ1) is 27.9. The summed E-state index contributed by atoms with van der Waals surface area (Å²) in [5, 5.41) is 1.83. The maximum atomic E-state index is 14.1. The van der Waals surface area contributed by atoms with Crippen molar-refractivity contribution in [2.75, 3.05) is 25.2 Å². The number of aromatic nitrogens is 4. The van der Waals surface area contributed by atoms with Crippen molar-refractivity contribution in [1.82, 2.24) is 19.7 Å². The minimum Gasteiger partial charge on any atom is -0.479 e. The van der Waals surface area contributed by atoms with Crippen LogP contribution in [0.5, 0.6) is 5.88 Å². The van der Waals surface area contributed by atoms with Crippen molar-refractivity contribution in [2.45, 2.75) is 118 Å². The average Bonchev–Trinajstić information content (AvgIpc) is 3.53. The number of imide groups is 1. The van der Waals surface area contributed by atoms with E-state index in [1.54, 1.807) is 75.3 Å². The number of benzene rings is 2. The van der Waals surface area contributed by atoms with Gasteiger partial charge in [-0.25, -0.2) is 14.6 Å². The van der Waals surface area contributed by atoms with Crippen LogP contribution in [0.25, 0.3) is 11.2 Å². The Morgan fingerprint density at radius 3 is 1.72 bits per heavy atom. The topological polar surface area (TPSA) is 163 Å². The van der Waals surface area contributed by atoms with E-state index in [1.807, 2.05) is 36.4 Å². The zero-order chi connectivity index (χ0) is 44.7. The number of hydrogen-bond acceptors (Lipinski definition) is 13. The highest BCUT2D eigenvalue weighted by Crippen LogP contribution is 2.52. The Balaban J connectivity index is 1.83. The second-order valence-corrected chi connectivity index (χ2v) is 23.9. The van der Waals surface area contributed by atoms with E-state index in [4.69, 9.17) is 32.5 Å². The molecule has 17 heteroatoms. The van der Waals surface area contributed by atoms with Gasteiger partial charge in [-0.2, -0.15) is 14.7 Å². The molecule has 0 spiro atoms. The number of fused-ring (bicyclic) bond motifs is 1. The number of ether oxygens (including phenoxy) is 3. The lowest BCUT2D eigenvalue weighted by Crippen LogP contribution is -2.67. The molecule has 4 aromatic rings. The van der Waals surface area contributed by atoms with E-state index in [0.29, 0.717) is 4.90 Å². The van der Waals surface area contributed by atoms with E-state index in [1.165, 1.54) is 24.0 Å². The highest BCUT2D eigenvalue weighted by Gasteiger charge is 2.50. The smallest absolute Gasteiger partial charge is 0.427 e. The van der Waals surface area contributed by atoms with Crippen molar-refractivity contribution >= 4 is 55.6 Å². The van der Waals surface area contributed by atoms with Crippen LogP contribution in [0, 0.1) is 5.92 Å². The van der Waals surface area contributed by atoms with Gasteiger partial charge in [0.25, 0.3) is 8.32 Å². The molecule has 0 bridgehead atoms. The third-order valence-corrected chi connectivity index (χ3v) is 15.5. The number of nitrogens with zero attached hydrogens (tertiary/aromatic N) is 5. The number of imidazole rings is 1. The summed E-state index contributed by atoms with van der Waals surface area (Å²) < 4.78 is 51.0. The Kier molecular flexibility index (Phi) is 15.5. The summed E-state index contributed by atoms with van der Waals surface area (Å²) in [6.07, 6.45) is 0.208. The number of rotatable bonds is 16. The number of amides is 2. The van der Waals surface area contributed by atoms with Crippen LogP contribution in [0.1, 0.15) is 90.0 Å². The molecular weight excluding hydrogens is 806 g/mol. The highest BCUT2D eigenvalue weighted by molar-refractivity contribution is 7.57. The first-order valence-corrected chi connectivity index (χ1v) is 23.5. The minimum absolute atomic E-state index is 0.0430. The molecule has 2 heterocycles. The summed E-state index contributed by atoms with van der Waals surface area (Å²) in [7, 11) is -5.39. The van der Waals surface area contributed by atoms with E-state index in [9.17, 15) is 14.2 Å². The van der Waals surface area contributed by atoms with E-state index in [0.717, 1.165) is 10.4 Å². The van der Waals surface area contributed by atoms with Crippen LogP contribution in [-0.4, -0.2) is 83.9 Å². The molecule has 0 N–H and O–H groups in total. The van der Waals surface area contributed by atoms with Gasteiger partial charge < -0.3 is 32.5 Å². The molecule has 2 aromatic carbocycles. The predicted molar refractivity (Wildman–Crippen MR) is 235 cm³/mol. The van der Waals surface area contributed by atoms with Gasteiger partial charge in [0, 0.05) is 18.3 Å². The molecule has 0 aliphatic carbocycles. The zero-order valence-corrected chi connectivity index (χ0v) is 39.3. The second kappa shape index (κ2) is 19.4. The third kappa shape index (κ3) is 12.5. The lowest BCUT2D eigenvalue weighted by molar-refractivity contribution is 0.0426. The summed E-state index contributed by atoms with van der Waals surface area (Å²) in [5.41, 5.74) is -1.69. The van der Waals surface area contributed by atoms with E-state index in [2.05, 4.69) is 60.0 Å². The summed E-state index contributed by atoms with van der Waals surface area (Å²) in [5.74, 6) is 0.480. The molecule has 15 nitrogen and oxygen atoms in total. The standard InChI is InChI=1S/C43H62N5O10PSi/c1-30(2)57-59(51,58-31(3)4)26-25-32(28-54-60(43(11,12)13,33-21-17-15-18-22-33)34-23-19-16-20-24-34)27-53-47-29-44-35-36(47)45-38(46-37(35)52-14)48(39(49)55-41(5,6)7)40(50)56-42(8,9)10/h15-26,29-32H,27-28H2,1-14H3. The summed E-state index contributed by atoms with van der Waals surface area (Å²) in [6.45, 7) is 23.8. The molecular formula is C43H62N5O10PSi. The van der Waals surface area contributed by atoms with E-state index >= 15 is 0 Å². The molecule has 0 aliphatic rings. The van der Waals surface area contributed by atoms with Gasteiger partial charge in [-0.1, -0.05) is 87.5 Å². The van der Waals surface area contributed by atoms with Crippen LogP contribution in [0.3, 0.4) is 0 Å². The molecule has 328 valence electrons. The lowest BCUT2D eigenvalue weighted by Gasteiger charge is -2.43. The molecule has 0 radical (unpaired) electrons. The maximum absolute atomic E-state index is 14.1. The number of carbonyl (C=O) groups is 2. The van der Waals surface area contributed by atoms with Crippen molar-refractivity contribution in [3.63, 3.8) is 0 Å². The molecule has 0 saturated heterocycles. The van der Waals surface area contributed by atoms with Crippen LogP contribution in [0.15, 0.2) is 78.9 Å². The minimum atomic E-state index is -3.73. The Hall–Kier alpha value is -4.60. The zero-order valence-electron chi connectivity index (χ0n) is 37.4. The normalized spacial score (nSPS) is 13.5. The second-order valence-electron chi connectivity index (χ2n) is 17.8. The van der Waals surface area contributed by atoms with Crippen molar-refractivity contribution in [3.8, 4) is 5.88 Å². The van der Waals surface area contributed by atoms with Crippen molar-refractivity contribution < 1.29 is 46.7 Å². The number of hydrogen-bond donors (Lipinski definition) is 0.